The van der Waals surface area contributed by atoms with E-state index in [9.17, 15) is 0 Å². The summed E-state index contributed by atoms with van der Waals surface area (Å²) < 4.78 is 13.5. The molecule has 3 heterocycles. The Bertz CT molecular complexity index is 1360. The molecule has 2 aromatic carbocycles. The van der Waals surface area contributed by atoms with Crippen molar-refractivity contribution in [2.75, 3.05) is 18.9 Å². The van der Waals surface area contributed by atoms with E-state index in [1.54, 1.807) is 6.33 Å². The van der Waals surface area contributed by atoms with Gasteiger partial charge in [-0.1, -0.05) is 17.7 Å². The maximum atomic E-state index is 6.54. The first-order valence-electron chi connectivity index (χ1n) is 9.75. The maximum Gasteiger partial charge on any atom is 0.158 e. The summed E-state index contributed by atoms with van der Waals surface area (Å²) in [7, 11) is 1.93. The van der Waals surface area contributed by atoms with Crippen LogP contribution in [-0.4, -0.2) is 32.5 Å². The van der Waals surface area contributed by atoms with Crippen LogP contribution in [0.3, 0.4) is 0 Å². The van der Waals surface area contributed by atoms with Gasteiger partial charge in [0.05, 0.1) is 26.8 Å². The van der Waals surface area contributed by atoms with Crippen molar-refractivity contribution in [2.45, 2.75) is 6.54 Å². The number of rotatable bonds is 7. The monoisotopic (exact) mass is 450 g/mol. The quantitative estimate of drug-likeness (QED) is 0.343. The molecule has 0 aliphatic rings. The van der Waals surface area contributed by atoms with Crippen molar-refractivity contribution in [2.24, 2.45) is 0 Å². The Hall–Kier alpha value is -3.20. The van der Waals surface area contributed by atoms with E-state index < -0.39 is 0 Å². The van der Waals surface area contributed by atoms with Crippen LogP contribution >= 0.6 is 23.1 Å². The van der Waals surface area contributed by atoms with Gasteiger partial charge in [-0.25, -0.2) is 9.97 Å². The third-order valence-electron chi connectivity index (χ3n) is 4.93. The first-order chi connectivity index (χ1) is 15.2. The molecule has 0 saturated heterocycles. The zero-order valence-corrected chi connectivity index (χ0v) is 18.2. The topological polar surface area (TPSA) is 76.9 Å². The van der Waals surface area contributed by atoms with Crippen LogP contribution in [0.1, 0.15) is 0 Å². The molecule has 156 valence electrons. The van der Waals surface area contributed by atoms with Crippen LogP contribution in [-0.2, 0) is 6.54 Å². The summed E-state index contributed by atoms with van der Waals surface area (Å²) in [6.07, 6.45) is 5.39. The van der Waals surface area contributed by atoms with Crippen LogP contribution in [0.5, 0.6) is 11.5 Å². The SMILES string of the molecule is CNCCn1ccc2ncnc(Nc3ccc(Oc4cccc5sncc45)c(Cl)c3)c21. The van der Waals surface area contributed by atoms with Crippen molar-refractivity contribution < 1.29 is 4.74 Å². The highest BCUT2D eigenvalue weighted by atomic mass is 35.5. The number of fused-ring (bicyclic) bond motifs is 2. The van der Waals surface area contributed by atoms with Gasteiger partial charge >= 0.3 is 0 Å². The van der Waals surface area contributed by atoms with Crippen molar-refractivity contribution in [3.05, 3.63) is 66.2 Å². The Balaban J connectivity index is 1.42. The van der Waals surface area contributed by atoms with Crippen LogP contribution in [0.15, 0.2) is 61.2 Å². The Morgan fingerprint density at radius 1 is 1.13 bits per heavy atom. The van der Waals surface area contributed by atoms with Gasteiger partial charge in [0, 0.05) is 25.0 Å². The number of benzene rings is 2. The first kappa shape index (κ1) is 19.7. The number of halogens is 1. The van der Waals surface area contributed by atoms with Gasteiger partial charge in [-0.15, -0.1) is 0 Å². The van der Waals surface area contributed by atoms with Crippen molar-refractivity contribution in [3.63, 3.8) is 0 Å². The fourth-order valence-corrected chi connectivity index (χ4v) is 4.30. The average molecular weight is 451 g/mol. The van der Waals surface area contributed by atoms with Crippen LogP contribution in [0.4, 0.5) is 11.5 Å². The molecule has 0 bridgehead atoms. The van der Waals surface area contributed by atoms with E-state index in [2.05, 4.69) is 29.5 Å². The van der Waals surface area contributed by atoms with Crippen molar-refractivity contribution in [3.8, 4) is 11.5 Å². The van der Waals surface area contributed by atoms with Crippen LogP contribution in [0, 0.1) is 0 Å². The second-order valence-corrected chi connectivity index (χ2v) is 8.18. The predicted molar refractivity (Wildman–Crippen MR) is 126 cm³/mol. The summed E-state index contributed by atoms with van der Waals surface area (Å²) in [6.45, 7) is 1.67. The van der Waals surface area contributed by atoms with E-state index in [1.807, 2.05) is 61.9 Å². The molecule has 0 aliphatic heterocycles. The van der Waals surface area contributed by atoms with E-state index >= 15 is 0 Å². The molecule has 5 aromatic rings. The molecular formula is C22H19ClN6OS. The number of anilines is 2. The number of aromatic nitrogens is 4. The number of ether oxygens (including phenoxy) is 1. The predicted octanol–water partition coefficient (Wildman–Crippen LogP) is 5.45. The second kappa shape index (κ2) is 8.50. The number of hydrogen-bond donors (Lipinski definition) is 2. The smallest absolute Gasteiger partial charge is 0.158 e. The lowest BCUT2D eigenvalue weighted by Crippen LogP contribution is -2.14. The Morgan fingerprint density at radius 3 is 2.94 bits per heavy atom. The fraction of sp³-hybridized carbons (Fsp3) is 0.136. The largest absolute Gasteiger partial charge is 0.455 e. The minimum atomic E-state index is 0.501. The van der Waals surface area contributed by atoms with Gasteiger partial charge in [-0.05, 0) is 55.0 Å². The van der Waals surface area contributed by atoms with E-state index in [0.29, 0.717) is 10.8 Å². The molecule has 0 aliphatic carbocycles. The molecule has 3 aromatic heterocycles. The van der Waals surface area contributed by atoms with Gasteiger partial charge in [0.15, 0.2) is 5.82 Å². The maximum absolute atomic E-state index is 6.54. The normalized spacial score (nSPS) is 11.3. The van der Waals surface area contributed by atoms with Gasteiger partial charge in [-0.2, -0.15) is 4.37 Å². The minimum Gasteiger partial charge on any atom is -0.455 e. The molecule has 0 atom stereocenters. The zero-order chi connectivity index (χ0) is 21.2. The molecule has 31 heavy (non-hydrogen) atoms. The highest BCUT2D eigenvalue weighted by Gasteiger charge is 2.12. The standard InChI is InChI=1S/C22H19ClN6OS/c1-24-8-10-29-9-7-17-21(29)22(26-13-25-17)28-14-5-6-19(16(23)11-14)30-18-3-2-4-20-15(18)12-27-31-20/h2-7,9,11-13,24H,8,10H2,1H3,(H,25,26,28). The van der Waals surface area contributed by atoms with E-state index in [4.69, 9.17) is 16.3 Å². The zero-order valence-electron chi connectivity index (χ0n) is 16.7. The summed E-state index contributed by atoms with van der Waals surface area (Å²) >= 11 is 7.98. The summed E-state index contributed by atoms with van der Waals surface area (Å²) in [6, 6.07) is 13.5. The second-order valence-electron chi connectivity index (χ2n) is 6.93. The summed E-state index contributed by atoms with van der Waals surface area (Å²) in [4.78, 5) is 8.82. The van der Waals surface area contributed by atoms with Gasteiger partial charge < -0.3 is 19.9 Å². The van der Waals surface area contributed by atoms with E-state index in [0.717, 1.165) is 51.5 Å². The van der Waals surface area contributed by atoms with Crippen LogP contribution < -0.4 is 15.4 Å². The Kier molecular flexibility index (Phi) is 5.42. The van der Waals surface area contributed by atoms with Gasteiger partial charge in [0.25, 0.3) is 0 Å². The molecule has 0 saturated carbocycles. The summed E-state index contributed by atoms with van der Waals surface area (Å²) in [5.74, 6) is 2.04. The molecule has 0 unspecified atom stereocenters. The molecule has 0 amide bonds. The number of hydrogen-bond acceptors (Lipinski definition) is 7. The molecular weight excluding hydrogens is 432 g/mol. The van der Waals surface area contributed by atoms with Crippen molar-refractivity contribution in [1.29, 1.82) is 0 Å². The lowest BCUT2D eigenvalue weighted by molar-refractivity contribution is 0.489. The average Bonchev–Trinajstić information content (AvgIpc) is 3.42. The lowest BCUT2D eigenvalue weighted by Gasteiger charge is -2.13. The van der Waals surface area contributed by atoms with E-state index in [1.165, 1.54) is 11.5 Å². The lowest BCUT2D eigenvalue weighted by atomic mass is 10.2. The molecule has 0 fully saturated rings. The summed E-state index contributed by atoms with van der Waals surface area (Å²) in [5, 5.41) is 8.00. The number of nitrogens with one attached hydrogen (secondary N) is 2. The number of likely N-dealkylation sites (N-methyl/N-ethyl adjacent to an activating group) is 1. The van der Waals surface area contributed by atoms with Gasteiger partial charge in [0.2, 0.25) is 0 Å². The fourth-order valence-electron chi connectivity index (χ4n) is 3.41. The minimum absolute atomic E-state index is 0.501. The van der Waals surface area contributed by atoms with Crippen LogP contribution in [0.25, 0.3) is 21.1 Å². The van der Waals surface area contributed by atoms with Crippen molar-refractivity contribution >= 4 is 55.8 Å². The molecule has 0 radical (unpaired) electrons. The number of nitrogens with zero attached hydrogens (tertiary/aromatic N) is 4. The third kappa shape index (κ3) is 3.93. The highest BCUT2D eigenvalue weighted by molar-refractivity contribution is 7.13. The molecule has 2 N–H and O–H groups in total. The molecule has 9 heteroatoms. The summed E-state index contributed by atoms with van der Waals surface area (Å²) in [5.41, 5.74) is 2.65. The molecule has 0 spiro atoms. The Morgan fingerprint density at radius 2 is 2.06 bits per heavy atom. The highest BCUT2D eigenvalue weighted by Crippen LogP contribution is 2.36. The van der Waals surface area contributed by atoms with E-state index in [-0.39, 0.29) is 0 Å². The first-order valence-corrected chi connectivity index (χ1v) is 10.9. The Labute approximate surface area is 187 Å². The third-order valence-corrected chi connectivity index (χ3v) is 5.99. The molecule has 5 rings (SSSR count). The van der Waals surface area contributed by atoms with Gasteiger partial charge in [-0.3, -0.25) is 0 Å². The van der Waals surface area contributed by atoms with Gasteiger partial charge in [0.1, 0.15) is 23.3 Å². The van der Waals surface area contributed by atoms with Crippen molar-refractivity contribution in [1.82, 2.24) is 24.2 Å². The van der Waals surface area contributed by atoms with Crippen LogP contribution in [0.2, 0.25) is 5.02 Å². The molecule has 7 nitrogen and oxygen atoms in total.